The maximum atomic E-state index is 12.7. The van der Waals surface area contributed by atoms with Gasteiger partial charge in [0, 0.05) is 5.54 Å². The minimum atomic E-state index is -0.599. The molecule has 0 aliphatic rings. The third kappa shape index (κ3) is 3.03. The highest BCUT2D eigenvalue weighted by Gasteiger charge is 2.12. The van der Waals surface area contributed by atoms with Gasteiger partial charge in [-0.1, -0.05) is 6.07 Å². The molecule has 0 radical (unpaired) electrons. The lowest BCUT2D eigenvalue weighted by Crippen LogP contribution is -2.34. The first-order valence-electron chi connectivity index (χ1n) is 4.15. The third-order valence-corrected chi connectivity index (χ3v) is 1.67. The first kappa shape index (κ1) is 9.99. The van der Waals surface area contributed by atoms with Crippen LogP contribution in [0.25, 0.3) is 0 Å². The normalized spacial score (nSPS) is 11.7. The van der Waals surface area contributed by atoms with Gasteiger partial charge in [-0.25, -0.2) is 4.39 Å². The van der Waals surface area contributed by atoms with Gasteiger partial charge >= 0.3 is 0 Å². The molecule has 0 fully saturated rings. The number of benzene rings is 1. The number of aromatic hydroxyl groups is 1. The van der Waals surface area contributed by atoms with Crippen molar-refractivity contribution >= 4 is 0 Å². The lowest BCUT2D eigenvalue weighted by Gasteiger charge is -2.18. The molecule has 0 aromatic heterocycles. The summed E-state index contributed by atoms with van der Waals surface area (Å²) >= 11 is 0. The first-order chi connectivity index (χ1) is 5.88. The first-order valence-corrected chi connectivity index (χ1v) is 4.15. The van der Waals surface area contributed by atoms with Crippen LogP contribution in [0.4, 0.5) is 4.39 Å². The number of hydrogen-bond donors (Lipinski definition) is 2. The van der Waals surface area contributed by atoms with Crippen molar-refractivity contribution in [2.24, 2.45) is 5.73 Å². The number of nitrogens with two attached hydrogens (primary N) is 1. The van der Waals surface area contributed by atoms with Crippen molar-refractivity contribution in [3.05, 3.63) is 29.6 Å². The zero-order chi connectivity index (χ0) is 10.1. The molecule has 0 saturated carbocycles. The molecule has 0 spiro atoms. The van der Waals surface area contributed by atoms with Crippen LogP contribution in [0.1, 0.15) is 19.4 Å². The van der Waals surface area contributed by atoms with E-state index >= 15 is 0 Å². The number of phenolic OH excluding ortho intramolecular Hbond substituents is 1. The van der Waals surface area contributed by atoms with E-state index < -0.39 is 5.82 Å². The Hall–Kier alpha value is -1.09. The smallest absolute Gasteiger partial charge is 0.164 e. The standard InChI is InChI=1S/C10H14FNO/c1-10(2,12)6-7-3-4-8(11)9(13)5-7/h3-5,13H,6,12H2,1-2H3. The van der Waals surface area contributed by atoms with Crippen molar-refractivity contribution in [3.8, 4) is 5.75 Å². The van der Waals surface area contributed by atoms with Crippen LogP contribution in [0.15, 0.2) is 18.2 Å². The van der Waals surface area contributed by atoms with Crippen molar-refractivity contribution in [2.45, 2.75) is 25.8 Å². The summed E-state index contributed by atoms with van der Waals surface area (Å²) in [7, 11) is 0. The highest BCUT2D eigenvalue weighted by atomic mass is 19.1. The van der Waals surface area contributed by atoms with E-state index in [1.165, 1.54) is 12.1 Å². The molecular weight excluding hydrogens is 169 g/mol. The molecule has 72 valence electrons. The van der Waals surface area contributed by atoms with E-state index in [1.54, 1.807) is 6.07 Å². The lowest BCUT2D eigenvalue weighted by molar-refractivity contribution is 0.430. The largest absolute Gasteiger partial charge is 0.505 e. The van der Waals surface area contributed by atoms with E-state index in [-0.39, 0.29) is 11.3 Å². The molecule has 0 aliphatic carbocycles. The molecule has 0 bridgehead atoms. The Morgan fingerprint density at radius 2 is 2.08 bits per heavy atom. The van der Waals surface area contributed by atoms with Crippen molar-refractivity contribution in [2.75, 3.05) is 0 Å². The van der Waals surface area contributed by atoms with Crippen LogP contribution in [0.5, 0.6) is 5.75 Å². The van der Waals surface area contributed by atoms with E-state index in [9.17, 15) is 4.39 Å². The van der Waals surface area contributed by atoms with Gasteiger partial charge in [0.15, 0.2) is 11.6 Å². The molecule has 0 amide bonds. The maximum Gasteiger partial charge on any atom is 0.164 e. The SMILES string of the molecule is CC(C)(N)Cc1ccc(F)c(O)c1. The summed E-state index contributed by atoms with van der Waals surface area (Å²) in [4.78, 5) is 0. The molecule has 0 saturated heterocycles. The van der Waals surface area contributed by atoms with Crippen molar-refractivity contribution < 1.29 is 9.50 Å². The summed E-state index contributed by atoms with van der Waals surface area (Å²) in [5, 5.41) is 9.08. The molecule has 3 N–H and O–H groups in total. The van der Waals surface area contributed by atoms with Crippen LogP contribution in [0.2, 0.25) is 0 Å². The number of phenols is 1. The minimum Gasteiger partial charge on any atom is -0.505 e. The topological polar surface area (TPSA) is 46.2 Å². The molecule has 1 aromatic rings. The van der Waals surface area contributed by atoms with E-state index in [0.717, 1.165) is 5.56 Å². The Morgan fingerprint density at radius 1 is 1.46 bits per heavy atom. The van der Waals surface area contributed by atoms with Crippen LogP contribution in [-0.4, -0.2) is 10.6 Å². The zero-order valence-electron chi connectivity index (χ0n) is 7.84. The molecule has 1 aromatic carbocycles. The fourth-order valence-electron chi connectivity index (χ4n) is 1.19. The van der Waals surface area contributed by atoms with Crippen LogP contribution in [0, 0.1) is 5.82 Å². The van der Waals surface area contributed by atoms with E-state index in [4.69, 9.17) is 10.8 Å². The zero-order valence-corrected chi connectivity index (χ0v) is 7.84. The van der Waals surface area contributed by atoms with Crippen LogP contribution in [-0.2, 0) is 6.42 Å². The van der Waals surface area contributed by atoms with Crippen LogP contribution in [0.3, 0.4) is 0 Å². The van der Waals surface area contributed by atoms with Crippen LogP contribution >= 0.6 is 0 Å². The Morgan fingerprint density at radius 3 is 2.54 bits per heavy atom. The van der Waals surface area contributed by atoms with Gasteiger partial charge in [-0.15, -0.1) is 0 Å². The Kier molecular flexibility index (Phi) is 2.57. The molecule has 13 heavy (non-hydrogen) atoms. The van der Waals surface area contributed by atoms with E-state index in [0.29, 0.717) is 6.42 Å². The van der Waals surface area contributed by atoms with Gasteiger partial charge in [0.1, 0.15) is 0 Å². The van der Waals surface area contributed by atoms with Crippen molar-refractivity contribution in [1.82, 2.24) is 0 Å². The predicted octanol–water partition coefficient (Wildman–Crippen LogP) is 1.81. The number of rotatable bonds is 2. The van der Waals surface area contributed by atoms with Crippen LogP contribution < -0.4 is 5.73 Å². The van der Waals surface area contributed by atoms with Gasteiger partial charge in [0.05, 0.1) is 0 Å². The van der Waals surface area contributed by atoms with Crippen molar-refractivity contribution in [1.29, 1.82) is 0 Å². The monoisotopic (exact) mass is 183 g/mol. The second-order valence-electron chi connectivity index (χ2n) is 3.95. The average Bonchev–Trinajstić information content (AvgIpc) is 1.94. The summed E-state index contributed by atoms with van der Waals surface area (Å²) in [5.74, 6) is -0.916. The molecule has 0 aliphatic heterocycles. The minimum absolute atomic E-state index is 0.318. The highest BCUT2D eigenvalue weighted by molar-refractivity contribution is 5.29. The summed E-state index contributed by atoms with van der Waals surface area (Å²) < 4.78 is 12.7. The number of halogens is 1. The molecule has 3 heteroatoms. The van der Waals surface area contributed by atoms with Gasteiger partial charge in [0.25, 0.3) is 0 Å². The second-order valence-corrected chi connectivity index (χ2v) is 3.95. The molecule has 0 heterocycles. The molecular formula is C10H14FNO. The Balaban J connectivity index is 2.86. The van der Waals surface area contributed by atoms with Crippen molar-refractivity contribution in [3.63, 3.8) is 0 Å². The lowest BCUT2D eigenvalue weighted by atomic mass is 9.96. The Bertz CT molecular complexity index is 304. The molecule has 2 nitrogen and oxygen atoms in total. The summed E-state index contributed by atoms with van der Waals surface area (Å²) in [6, 6.07) is 4.28. The molecule has 0 atom stereocenters. The van der Waals surface area contributed by atoms with Gasteiger partial charge in [-0.3, -0.25) is 0 Å². The average molecular weight is 183 g/mol. The summed E-state index contributed by atoms with van der Waals surface area (Å²) in [6.07, 6.45) is 0.612. The Labute approximate surface area is 77.2 Å². The second kappa shape index (κ2) is 3.34. The molecule has 0 unspecified atom stereocenters. The predicted molar refractivity (Wildman–Crippen MR) is 50.0 cm³/mol. The summed E-state index contributed by atoms with van der Waals surface area (Å²) in [6.45, 7) is 3.76. The quantitative estimate of drug-likeness (QED) is 0.734. The fourth-order valence-corrected chi connectivity index (χ4v) is 1.19. The van der Waals surface area contributed by atoms with E-state index in [2.05, 4.69) is 0 Å². The third-order valence-electron chi connectivity index (χ3n) is 1.67. The van der Waals surface area contributed by atoms with Gasteiger partial charge < -0.3 is 10.8 Å². The summed E-state index contributed by atoms with van der Waals surface area (Å²) in [5.41, 5.74) is 6.28. The van der Waals surface area contributed by atoms with Gasteiger partial charge in [-0.2, -0.15) is 0 Å². The van der Waals surface area contributed by atoms with Gasteiger partial charge in [-0.05, 0) is 38.0 Å². The molecule has 1 rings (SSSR count). The van der Waals surface area contributed by atoms with E-state index in [1.807, 2.05) is 13.8 Å². The maximum absolute atomic E-state index is 12.7. The van der Waals surface area contributed by atoms with Gasteiger partial charge in [0.2, 0.25) is 0 Å². The highest BCUT2D eigenvalue weighted by Crippen LogP contribution is 2.19. The fraction of sp³-hybridized carbons (Fsp3) is 0.400. The number of hydrogen-bond acceptors (Lipinski definition) is 2.